The Bertz CT molecular complexity index is 530. The number of hydrogen-bond acceptors (Lipinski definition) is 3. The van der Waals surface area contributed by atoms with E-state index in [1.165, 1.54) is 10.4 Å². The third-order valence-corrected chi connectivity index (χ3v) is 5.27. The lowest BCUT2D eigenvalue weighted by Gasteiger charge is -2.35. The number of aryl methyl sites for hydroxylation is 1. The number of rotatable bonds is 0. The second-order valence-corrected chi connectivity index (χ2v) is 6.97. The van der Waals surface area contributed by atoms with Crippen LogP contribution in [0, 0.1) is 0 Å². The van der Waals surface area contributed by atoms with Gasteiger partial charge in [0.05, 0.1) is 6.61 Å². The highest BCUT2D eigenvalue weighted by Crippen LogP contribution is 2.26. The Hall–Kier alpha value is -1.08. The van der Waals surface area contributed by atoms with Crippen molar-refractivity contribution >= 4 is 17.2 Å². The van der Waals surface area contributed by atoms with Gasteiger partial charge in [0.15, 0.2) is 0 Å². The number of fused-ring (bicyclic) bond motifs is 1. The molecule has 3 nitrogen and oxygen atoms in total. The summed E-state index contributed by atoms with van der Waals surface area (Å²) in [6.45, 7) is 4.26. The first-order chi connectivity index (χ1) is 10.8. The summed E-state index contributed by atoms with van der Waals surface area (Å²) in [7, 11) is 0. The molecule has 0 saturated heterocycles. The number of thiophene rings is 1. The maximum absolute atomic E-state index is 12.9. The highest BCUT2D eigenvalue weighted by atomic mass is 32.1. The standard InChI is InChI=1S/C16H22F3NO2S/c1-11-3-4-14-13(7-10-23-14)6-9-22-8-5-12(2)20(11)15(21)16(17,18)19/h7,10-12H,3-6,8-9H2,1-2H3/t11-,12+/m0/s1. The molecule has 2 atom stereocenters. The van der Waals surface area contributed by atoms with Crippen molar-refractivity contribution in [2.24, 2.45) is 0 Å². The lowest BCUT2D eigenvalue weighted by molar-refractivity contribution is -0.190. The van der Waals surface area contributed by atoms with Crippen molar-refractivity contribution in [2.75, 3.05) is 13.2 Å². The molecule has 0 saturated carbocycles. The quantitative estimate of drug-likeness (QED) is 0.713. The largest absolute Gasteiger partial charge is 0.471 e. The summed E-state index contributed by atoms with van der Waals surface area (Å²) in [4.78, 5) is 14.0. The molecular weight excluding hydrogens is 327 g/mol. The van der Waals surface area contributed by atoms with E-state index in [0.717, 1.165) is 11.3 Å². The van der Waals surface area contributed by atoms with Crippen molar-refractivity contribution < 1.29 is 22.7 Å². The molecule has 0 radical (unpaired) electrons. The van der Waals surface area contributed by atoms with E-state index in [1.54, 1.807) is 25.2 Å². The third kappa shape index (κ3) is 4.70. The zero-order valence-electron chi connectivity index (χ0n) is 13.4. The van der Waals surface area contributed by atoms with Crippen LogP contribution in [0.15, 0.2) is 11.4 Å². The van der Waals surface area contributed by atoms with Gasteiger partial charge >= 0.3 is 12.1 Å². The van der Waals surface area contributed by atoms with Crippen molar-refractivity contribution in [3.63, 3.8) is 0 Å². The normalized spacial score (nSPS) is 24.5. The maximum atomic E-state index is 12.9. The Labute approximate surface area is 138 Å². The Morgan fingerprint density at radius 1 is 1.22 bits per heavy atom. The van der Waals surface area contributed by atoms with Gasteiger partial charge in [-0.25, -0.2) is 0 Å². The van der Waals surface area contributed by atoms with Gasteiger partial charge in [0.25, 0.3) is 0 Å². The predicted octanol–water partition coefficient (Wildman–Crippen LogP) is 3.81. The average molecular weight is 349 g/mol. The summed E-state index contributed by atoms with van der Waals surface area (Å²) in [6, 6.07) is 1.08. The van der Waals surface area contributed by atoms with Crippen LogP contribution in [-0.2, 0) is 22.4 Å². The molecule has 0 fully saturated rings. The van der Waals surface area contributed by atoms with Crippen LogP contribution in [-0.4, -0.2) is 42.3 Å². The molecule has 23 heavy (non-hydrogen) atoms. The summed E-state index contributed by atoms with van der Waals surface area (Å²) < 4.78 is 44.3. The number of nitrogens with zero attached hydrogens (tertiary/aromatic N) is 1. The monoisotopic (exact) mass is 349 g/mol. The summed E-state index contributed by atoms with van der Waals surface area (Å²) in [5.41, 5.74) is 1.20. The van der Waals surface area contributed by atoms with Crippen LogP contribution < -0.4 is 0 Å². The van der Waals surface area contributed by atoms with E-state index < -0.39 is 24.2 Å². The van der Waals surface area contributed by atoms with Crippen molar-refractivity contribution in [3.8, 4) is 0 Å². The SMILES string of the molecule is C[C@@H]1CCOCCc2ccsc2CC[C@H](C)N1C(=O)C(F)(F)F. The average Bonchev–Trinajstić information content (AvgIpc) is 2.90. The predicted molar refractivity (Wildman–Crippen MR) is 83.6 cm³/mol. The van der Waals surface area contributed by atoms with E-state index in [2.05, 4.69) is 0 Å². The topological polar surface area (TPSA) is 29.5 Å². The van der Waals surface area contributed by atoms with Gasteiger partial charge in [-0.2, -0.15) is 13.2 Å². The molecular formula is C16H22F3NO2S. The molecule has 1 amide bonds. The summed E-state index contributed by atoms with van der Waals surface area (Å²) >= 11 is 1.61. The van der Waals surface area contributed by atoms with Crippen molar-refractivity contribution in [2.45, 2.75) is 57.8 Å². The number of carbonyl (C=O) groups excluding carboxylic acids is 1. The number of carbonyl (C=O) groups is 1. The Morgan fingerprint density at radius 3 is 2.61 bits per heavy atom. The van der Waals surface area contributed by atoms with Crippen molar-refractivity contribution in [1.82, 2.24) is 4.90 Å². The number of ether oxygens (including phenoxy) is 1. The molecule has 2 heterocycles. The lowest BCUT2D eigenvalue weighted by atomic mass is 10.0. The van der Waals surface area contributed by atoms with Crippen LogP contribution in [0.3, 0.4) is 0 Å². The van der Waals surface area contributed by atoms with Gasteiger partial charge in [0.2, 0.25) is 0 Å². The van der Waals surface area contributed by atoms with Crippen molar-refractivity contribution in [3.05, 3.63) is 21.9 Å². The minimum absolute atomic E-state index is 0.356. The first-order valence-electron chi connectivity index (χ1n) is 7.83. The Balaban J connectivity index is 2.19. The van der Waals surface area contributed by atoms with Crippen LogP contribution in [0.5, 0.6) is 0 Å². The van der Waals surface area contributed by atoms with Gasteiger partial charge < -0.3 is 9.64 Å². The molecule has 1 aliphatic rings. The third-order valence-electron chi connectivity index (χ3n) is 4.25. The van der Waals surface area contributed by atoms with E-state index in [4.69, 9.17) is 4.74 Å². The second kappa shape index (κ2) is 7.66. The Kier molecular flexibility index (Phi) is 6.08. The second-order valence-electron chi connectivity index (χ2n) is 5.97. The number of hydrogen-bond donors (Lipinski definition) is 0. The van der Waals surface area contributed by atoms with Crippen LogP contribution in [0.25, 0.3) is 0 Å². The van der Waals surface area contributed by atoms with E-state index >= 15 is 0 Å². The first-order valence-corrected chi connectivity index (χ1v) is 8.71. The minimum atomic E-state index is -4.84. The van der Waals surface area contributed by atoms with Gasteiger partial charge in [-0.1, -0.05) is 0 Å². The number of alkyl halides is 3. The van der Waals surface area contributed by atoms with E-state index in [9.17, 15) is 18.0 Å². The van der Waals surface area contributed by atoms with Gasteiger partial charge in [-0.05, 0) is 56.5 Å². The summed E-state index contributed by atoms with van der Waals surface area (Å²) in [6.07, 6.45) is -2.40. The summed E-state index contributed by atoms with van der Waals surface area (Å²) in [5.74, 6) is -1.75. The zero-order chi connectivity index (χ0) is 17.0. The molecule has 2 rings (SSSR count). The fourth-order valence-electron chi connectivity index (χ4n) is 2.95. The molecule has 0 unspecified atom stereocenters. The fraction of sp³-hybridized carbons (Fsp3) is 0.688. The fourth-order valence-corrected chi connectivity index (χ4v) is 3.90. The highest BCUT2D eigenvalue weighted by molar-refractivity contribution is 7.10. The molecule has 7 heteroatoms. The molecule has 0 aliphatic carbocycles. The van der Waals surface area contributed by atoms with Crippen LogP contribution >= 0.6 is 11.3 Å². The lowest BCUT2D eigenvalue weighted by Crippen LogP contribution is -2.51. The molecule has 1 aromatic rings. The number of amides is 1. The Morgan fingerprint density at radius 2 is 1.91 bits per heavy atom. The highest BCUT2D eigenvalue weighted by Gasteiger charge is 2.45. The van der Waals surface area contributed by atoms with Gasteiger partial charge in [0.1, 0.15) is 0 Å². The molecule has 0 N–H and O–H groups in total. The van der Waals surface area contributed by atoms with E-state index in [0.29, 0.717) is 32.5 Å². The van der Waals surface area contributed by atoms with Crippen LogP contribution in [0.2, 0.25) is 0 Å². The molecule has 1 aliphatic heterocycles. The van der Waals surface area contributed by atoms with Gasteiger partial charge in [-0.15, -0.1) is 11.3 Å². The molecule has 0 bridgehead atoms. The first kappa shape index (κ1) is 18.3. The van der Waals surface area contributed by atoms with Crippen LogP contribution in [0.4, 0.5) is 13.2 Å². The smallest absolute Gasteiger partial charge is 0.381 e. The van der Waals surface area contributed by atoms with Crippen LogP contribution in [0.1, 0.15) is 37.1 Å². The van der Waals surface area contributed by atoms with Crippen molar-refractivity contribution in [1.29, 1.82) is 0 Å². The molecule has 0 spiro atoms. The van der Waals surface area contributed by atoms with E-state index in [-0.39, 0.29) is 0 Å². The van der Waals surface area contributed by atoms with E-state index in [1.807, 2.05) is 11.4 Å². The van der Waals surface area contributed by atoms with Gasteiger partial charge in [-0.3, -0.25) is 4.79 Å². The number of halogens is 3. The minimum Gasteiger partial charge on any atom is -0.381 e. The molecule has 1 aromatic heterocycles. The summed E-state index contributed by atoms with van der Waals surface area (Å²) in [5, 5.41) is 2.00. The zero-order valence-corrected chi connectivity index (χ0v) is 14.2. The maximum Gasteiger partial charge on any atom is 0.471 e. The molecule has 0 aromatic carbocycles. The molecule has 130 valence electrons. The van der Waals surface area contributed by atoms with Gasteiger partial charge in [0, 0.05) is 23.6 Å².